The molecule has 0 spiro atoms. The number of halogens is 4. The highest BCUT2D eigenvalue weighted by molar-refractivity contribution is 5.51. The third-order valence-electron chi connectivity index (χ3n) is 5.20. The van der Waals surface area contributed by atoms with Crippen LogP contribution in [-0.2, 0) is 0 Å². The van der Waals surface area contributed by atoms with E-state index in [-0.39, 0.29) is 46.4 Å². The first-order valence-corrected chi connectivity index (χ1v) is 10.1. The van der Waals surface area contributed by atoms with Crippen LogP contribution in [0.4, 0.5) is 29.3 Å². The standard InChI is InChI=1S/C21H20F4N6O2/c22-18(23)16-8-14(31-6-2-1-3-17(31)32)9-26-19(16)29-12-4-5-13(7-12)30-21-27-10-15(11-28-21)33-20(24)25/h1-3,6,8-13,18,20H,4-5,7H2,(H,26,29)(H,27,28,30)/t12-,13-/m0/s1. The summed E-state index contributed by atoms with van der Waals surface area (Å²) < 4.78 is 57.3. The molecule has 3 aromatic rings. The normalized spacial score (nSPS) is 18.0. The first-order valence-electron chi connectivity index (χ1n) is 10.1. The predicted octanol–water partition coefficient (Wildman–Crippen LogP) is 4.01. The minimum atomic E-state index is -2.96. The van der Waals surface area contributed by atoms with E-state index in [4.69, 9.17) is 0 Å². The summed E-state index contributed by atoms with van der Waals surface area (Å²) in [5, 5.41) is 6.17. The number of anilines is 2. The maximum atomic E-state index is 13.7. The van der Waals surface area contributed by atoms with Crippen molar-refractivity contribution in [2.75, 3.05) is 10.6 Å². The van der Waals surface area contributed by atoms with Gasteiger partial charge < -0.3 is 15.4 Å². The first kappa shape index (κ1) is 22.5. The lowest BCUT2D eigenvalue weighted by atomic mass is 10.2. The van der Waals surface area contributed by atoms with Crippen LogP contribution in [-0.4, -0.2) is 38.2 Å². The van der Waals surface area contributed by atoms with Crippen molar-refractivity contribution in [3.05, 3.63) is 65.0 Å². The van der Waals surface area contributed by atoms with E-state index in [9.17, 15) is 22.4 Å². The molecule has 4 rings (SSSR count). The molecule has 33 heavy (non-hydrogen) atoms. The van der Waals surface area contributed by atoms with Gasteiger partial charge in [0, 0.05) is 24.3 Å². The molecule has 0 unspecified atom stereocenters. The van der Waals surface area contributed by atoms with Crippen LogP contribution in [0.1, 0.15) is 31.3 Å². The number of aromatic nitrogens is 4. The van der Waals surface area contributed by atoms with Gasteiger partial charge in [-0.15, -0.1) is 0 Å². The molecular formula is C21H20F4N6O2. The number of hydrogen-bond donors (Lipinski definition) is 2. The number of pyridine rings is 2. The molecule has 0 aromatic carbocycles. The number of ether oxygens (including phenoxy) is 1. The molecule has 174 valence electrons. The average Bonchev–Trinajstić information content (AvgIpc) is 3.22. The summed E-state index contributed by atoms with van der Waals surface area (Å²) in [6.07, 6.45) is 4.36. The zero-order valence-electron chi connectivity index (χ0n) is 17.2. The van der Waals surface area contributed by atoms with E-state index >= 15 is 0 Å². The Kier molecular flexibility index (Phi) is 6.71. The molecule has 1 aliphatic rings. The second-order valence-electron chi connectivity index (χ2n) is 7.46. The van der Waals surface area contributed by atoms with Crippen molar-refractivity contribution in [1.82, 2.24) is 19.5 Å². The highest BCUT2D eigenvalue weighted by atomic mass is 19.3. The molecule has 0 aliphatic heterocycles. The summed E-state index contributed by atoms with van der Waals surface area (Å²) in [7, 11) is 0. The van der Waals surface area contributed by atoms with E-state index in [1.807, 2.05) is 0 Å². The molecule has 2 atom stereocenters. The predicted molar refractivity (Wildman–Crippen MR) is 112 cm³/mol. The Morgan fingerprint density at radius 2 is 1.73 bits per heavy atom. The lowest BCUT2D eigenvalue weighted by Crippen LogP contribution is -2.23. The number of hydrogen-bond acceptors (Lipinski definition) is 7. The van der Waals surface area contributed by atoms with Crippen LogP contribution in [0, 0.1) is 0 Å². The van der Waals surface area contributed by atoms with Crippen LogP contribution in [0.25, 0.3) is 5.69 Å². The van der Waals surface area contributed by atoms with Crippen LogP contribution in [0.15, 0.2) is 53.8 Å². The summed E-state index contributed by atoms with van der Waals surface area (Å²) >= 11 is 0. The van der Waals surface area contributed by atoms with E-state index in [0.717, 1.165) is 18.8 Å². The molecule has 0 bridgehead atoms. The molecule has 2 N–H and O–H groups in total. The second-order valence-corrected chi connectivity index (χ2v) is 7.46. The third-order valence-corrected chi connectivity index (χ3v) is 5.20. The van der Waals surface area contributed by atoms with Gasteiger partial charge in [0.1, 0.15) is 5.82 Å². The van der Waals surface area contributed by atoms with Crippen LogP contribution in [0.3, 0.4) is 0 Å². The van der Waals surface area contributed by atoms with Crippen LogP contribution >= 0.6 is 0 Å². The molecule has 0 radical (unpaired) electrons. The largest absolute Gasteiger partial charge is 0.432 e. The van der Waals surface area contributed by atoms with Gasteiger partial charge in [0.25, 0.3) is 12.0 Å². The Balaban J connectivity index is 1.41. The quantitative estimate of drug-likeness (QED) is 0.487. The van der Waals surface area contributed by atoms with E-state index in [1.54, 1.807) is 12.1 Å². The third kappa shape index (κ3) is 5.57. The van der Waals surface area contributed by atoms with Gasteiger partial charge in [0.2, 0.25) is 5.95 Å². The van der Waals surface area contributed by atoms with Gasteiger partial charge in [-0.2, -0.15) is 8.78 Å². The zero-order valence-corrected chi connectivity index (χ0v) is 17.2. The summed E-state index contributed by atoms with van der Waals surface area (Å²) in [5.41, 5.74) is -0.387. The molecule has 0 saturated heterocycles. The van der Waals surface area contributed by atoms with Gasteiger partial charge in [-0.25, -0.2) is 23.7 Å². The Morgan fingerprint density at radius 3 is 2.39 bits per heavy atom. The maximum absolute atomic E-state index is 13.7. The van der Waals surface area contributed by atoms with Gasteiger partial charge in [-0.3, -0.25) is 9.36 Å². The summed E-state index contributed by atoms with van der Waals surface area (Å²) in [6.45, 7) is -2.96. The monoisotopic (exact) mass is 464 g/mol. The number of nitrogens with zero attached hydrogens (tertiary/aromatic N) is 4. The molecule has 1 aliphatic carbocycles. The fourth-order valence-electron chi connectivity index (χ4n) is 3.70. The van der Waals surface area contributed by atoms with E-state index in [1.165, 1.54) is 29.1 Å². The number of alkyl halides is 4. The number of nitrogens with one attached hydrogen (secondary N) is 2. The van der Waals surface area contributed by atoms with Crippen molar-refractivity contribution in [1.29, 1.82) is 0 Å². The Morgan fingerprint density at radius 1 is 1.00 bits per heavy atom. The van der Waals surface area contributed by atoms with E-state index in [0.29, 0.717) is 12.8 Å². The molecule has 1 fully saturated rings. The molecule has 3 aromatic heterocycles. The van der Waals surface area contributed by atoms with Crippen molar-refractivity contribution >= 4 is 11.8 Å². The topological polar surface area (TPSA) is 94.0 Å². The van der Waals surface area contributed by atoms with Gasteiger partial charge in [0.05, 0.1) is 29.8 Å². The van der Waals surface area contributed by atoms with Gasteiger partial charge in [-0.1, -0.05) is 6.07 Å². The summed E-state index contributed by atoms with van der Waals surface area (Å²) in [4.78, 5) is 24.0. The highest BCUT2D eigenvalue weighted by Gasteiger charge is 2.27. The van der Waals surface area contributed by atoms with Gasteiger partial charge >= 0.3 is 6.61 Å². The lowest BCUT2D eigenvalue weighted by molar-refractivity contribution is -0.0503. The van der Waals surface area contributed by atoms with Crippen molar-refractivity contribution in [3.8, 4) is 11.4 Å². The molecular weight excluding hydrogens is 444 g/mol. The fraction of sp³-hybridized carbons (Fsp3) is 0.333. The van der Waals surface area contributed by atoms with Crippen molar-refractivity contribution in [3.63, 3.8) is 0 Å². The Labute approximate surface area is 185 Å². The number of rotatable bonds is 8. The molecule has 3 heterocycles. The van der Waals surface area contributed by atoms with Gasteiger partial charge in [-0.05, 0) is 31.4 Å². The molecule has 1 saturated carbocycles. The molecule has 12 heteroatoms. The van der Waals surface area contributed by atoms with Crippen molar-refractivity contribution in [2.45, 2.75) is 44.4 Å². The Bertz CT molecular complexity index is 1140. The molecule has 8 nitrogen and oxygen atoms in total. The van der Waals surface area contributed by atoms with Crippen LogP contribution in [0.2, 0.25) is 0 Å². The van der Waals surface area contributed by atoms with E-state index < -0.39 is 13.0 Å². The van der Waals surface area contributed by atoms with Crippen molar-refractivity contribution < 1.29 is 22.3 Å². The fourth-order valence-corrected chi connectivity index (χ4v) is 3.70. The SMILES string of the molecule is O=c1ccccn1-c1cnc(N[C@H]2CC[C@H](Nc3ncc(OC(F)F)cn3)C2)c(C(F)F)c1. The lowest BCUT2D eigenvalue weighted by Gasteiger charge is -2.18. The zero-order chi connectivity index (χ0) is 23.4. The molecule has 0 amide bonds. The average molecular weight is 464 g/mol. The van der Waals surface area contributed by atoms with Gasteiger partial charge in [0.15, 0.2) is 5.75 Å². The first-order chi connectivity index (χ1) is 15.9. The maximum Gasteiger partial charge on any atom is 0.387 e. The highest BCUT2D eigenvalue weighted by Crippen LogP contribution is 2.31. The smallest absolute Gasteiger partial charge is 0.387 e. The van der Waals surface area contributed by atoms with Crippen molar-refractivity contribution in [2.24, 2.45) is 0 Å². The second kappa shape index (κ2) is 9.84. The minimum absolute atomic E-state index is 0.0402. The van der Waals surface area contributed by atoms with Crippen LogP contribution in [0.5, 0.6) is 5.75 Å². The van der Waals surface area contributed by atoms with E-state index in [2.05, 4.69) is 30.3 Å². The summed E-state index contributed by atoms with van der Waals surface area (Å²) in [5.74, 6) is 0.174. The minimum Gasteiger partial charge on any atom is -0.432 e. The van der Waals surface area contributed by atoms with Crippen LogP contribution < -0.4 is 20.9 Å². The Hall–Kier alpha value is -3.70. The summed E-state index contributed by atoms with van der Waals surface area (Å²) in [6, 6.07) is 5.62.